The maximum Gasteiger partial charge on any atom is 0.142 e. The summed E-state index contributed by atoms with van der Waals surface area (Å²) in [5.74, 6) is 0.959. The van der Waals surface area contributed by atoms with Gasteiger partial charge in [0, 0.05) is 26.2 Å². The Morgan fingerprint density at radius 2 is 2.04 bits per heavy atom. The second-order valence-corrected chi connectivity index (χ2v) is 6.85. The average molecular weight is 338 g/mol. The first-order valence-corrected chi connectivity index (χ1v) is 9.25. The Bertz CT molecular complexity index is 690. The first kappa shape index (κ1) is 16.4. The zero-order valence-corrected chi connectivity index (χ0v) is 14.6. The number of benzene rings is 2. The predicted octanol–water partition coefficient (Wildman–Crippen LogP) is 3.32. The molecule has 0 unspecified atom stereocenters. The van der Waals surface area contributed by atoms with Gasteiger partial charge in [-0.1, -0.05) is 42.5 Å². The molecule has 4 heteroatoms. The summed E-state index contributed by atoms with van der Waals surface area (Å²) in [6, 6.07) is 17.0. The van der Waals surface area contributed by atoms with Crippen LogP contribution in [0.5, 0.6) is 5.75 Å². The maximum atomic E-state index is 6.13. The molecule has 0 aliphatic carbocycles. The lowest BCUT2D eigenvalue weighted by atomic mass is 10.0. The lowest BCUT2D eigenvalue weighted by Crippen LogP contribution is -2.44. The van der Waals surface area contributed by atoms with Gasteiger partial charge in [-0.05, 0) is 30.0 Å². The van der Waals surface area contributed by atoms with Crippen LogP contribution in [0.3, 0.4) is 0 Å². The van der Waals surface area contributed by atoms with Crippen molar-refractivity contribution in [1.29, 1.82) is 0 Å². The van der Waals surface area contributed by atoms with Crippen molar-refractivity contribution < 1.29 is 9.47 Å². The molecular formula is C21H26N2O2. The molecule has 0 spiro atoms. The molecule has 4 nitrogen and oxygen atoms in total. The minimum absolute atomic E-state index is 0.122. The minimum atomic E-state index is 0.122. The van der Waals surface area contributed by atoms with Crippen LogP contribution in [0.4, 0.5) is 5.69 Å². The standard InChI is InChI=1S/C21H26N2O2/c1-2-6-17(7-3-1)14-23-12-13-24-19(15-23)16-25-20-10-4-8-18-9-5-11-22-21(18)20/h1-4,6-8,10,19,22H,5,9,11-16H2/t19-/m0/s1. The number of aryl methyl sites for hydroxylation is 1. The Balaban J connectivity index is 1.34. The summed E-state index contributed by atoms with van der Waals surface area (Å²) in [4.78, 5) is 2.45. The molecule has 1 N–H and O–H groups in total. The summed E-state index contributed by atoms with van der Waals surface area (Å²) >= 11 is 0. The lowest BCUT2D eigenvalue weighted by Gasteiger charge is -2.33. The Morgan fingerprint density at radius 3 is 2.96 bits per heavy atom. The predicted molar refractivity (Wildman–Crippen MR) is 100 cm³/mol. The number of ether oxygens (including phenoxy) is 2. The highest BCUT2D eigenvalue weighted by atomic mass is 16.5. The summed E-state index contributed by atoms with van der Waals surface area (Å²) in [7, 11) is 0. The zero-order chi connectivity index (χ0) is 16.9. The quantitative estimate of drug-likeness (QED) is 0.907. The number of rotatable bonds is 5. The summed E-state index contributed by atoms with van der Waals surface area (Å²) in [5, 5.41) is 3.48. The van der Waals surface area contributed by atoms with Crippen molar-refractivity contribution in [3.05, 3.63) is 59.7 Å². The second kappa shape index (κ2) is 7.89. The van der Waals surface area contributed by atoms with E-state index in [9.17, 15) is 0 Å². The topological polar surface area (TPSA) is 33.7 Å². The lowest BCUT2D eigenvalue weighted by molar-refractivity contribution is -0.0503. The highest BCUT2D eigenvalue weighted by molar-refractivity contribution is 5.63. The molecule has 2 aliphatic rings. The number of para-hydroxylation sites is 1. The van der Waals surface area contributed by atoms with Gasteiger partial charge in [-0.2, -0.15) is 0 Å². The van der Waals surface area contributed by atoms with Crippen LogP contribution < -0.4 is 10.1 Å². The fraction of sp³-hybridized carbons (Fsp3) is 0.429. The molecule has 2 aromatic carbocycles. The van der Waals surface area contributed by atoms with Gasteiger partial charge >= 0.3 is 0 Å². The molecule has 1 fully saturated rings. The fourth-order valence-corrected chi connectivity index (χ4v) is 3.65. The number of morpholine rings is 1. The molecule has 2 aliphatic heterocycles. The molecule has 2 heterocycles. The van der Waals surface area contributed by atoms with Gasteiger partial charge in [0.05, 0.1) is 12.3 Å². The third kappa shape index (κ3) is 4.14. The van der Waals surface area contributed by atoms with Crippen molar-refractivity contribution in [1.82, 2.24) is 4.90 Å². The Labute approximate surface area is 149 Å². The van der Waals surface area contributed by atoms with E-state index in [2.05, 4.69) is 58.7 Å². The van der Waals surface area contributed by atoms with E-state index in [1.54, 1.807) is 0 Å². The molecule has 2 aromatic rings. The van der Waals surface area contributed by atoms with Crippen LogP contribution in [0.15, 0.2) is 48.5 Å². The normalized spacial score (nSPS) is 20.6. The molecule has 0 aromatic heterocycles. The summed E-state index contributed by atoms with van der Waals surface area (Å²) < 4.78 is 12.1. The van der Waals surface area contributed by atoms with Crippen LogP contribution >= 0.6 is 0 Å². The molecule has 0 radical (unpaired) electrons. The Hall–Kier alpha value is -2.04. The summed E-state index contributed by atoms with van der Waals surface area (Å²) in [5.41, 5.74) is 3.88. The van der Waals surface area contributed by atoms with Crippen molar-refractivity contribution in [2.24, 2.45) is 0 Å². The van der Waals surface area contributed by atoms with Crippen molar-refractivity contribution >= 4 is 5.69 Å². The molecule has 1 atom stereocenters. The van der Waals surface area contributed by atoms with Crippen LogP contribution in [0, 0.1) is 0 Å². The molecule has 4 rings (SSSR count). The summed E-state index contributed by atoms with van der Waals surface area (Å²) in [6.45, 7) is 5.27. The van der Waals surface area contributed by atoms with E-state index in [4.69, 9.17) is 9.47 Å². The molecule has 0 bridgehead atoms. The van der Waals surface area contributed by atoms with E-state index in [-0.39, 0.29) is 6.10 Å². The van der Waals surface area contributed by atoms with Gasteiger partial charge in [-0.15, -0.1) is 0 Å². The van der Waals surface area contributed by atoms with Crippen molar-refractivity contribution in [2.75, 3.05) is 38.2 Å². The summed E-state index contributed by atoms with van der Waals surface area (Å²) in [6.07, 6.45) is 2.44. The molecule has 1 saturated heterocycles. The molecule has 25 heavy (non-hydrogen) atoms. The van der Waals surface area contributed by atoms with Gasteiger partial charge in [-0.3, -0.25) is 4.90 Å². The second-order valence-electron chi connectivity index (χ2n) is 6.85. The van der Waals surface area contributed by atoms with E-state index < -0.39 is 0 Å². The van der Waals surface area contributed by atoms with Crippen LogP contribution in [0.25, 0.3) is 0 Å². The van der Waals surface area contributed by atoms with Gasteiger partial charge in [-0.25, -0.2) is 0 Å². The van der Waals surface area contributed by atoms with Crippen molar-refractivity contribution in [3.8, 4) is 5.75 Å². The average Bonchev–Trinajstić information content (AvgIpc) is 2.67. The third-order valence-electron chi connectivity index (χ3n) is 4.93. The number of nitrogens with zero attached hydrogens (tertiary/aromatic N) is 1. The van der Waals surface area contributed by atoms with E-state index in [1.165, 1.54) is 23.2 Å². The molecular weight excluding hydrogens is 312 g/mol. The van der Waals surface area contributed by atoms with Crippen molar-refractivity contribution in [2.45, 2.75) is 25.5 Å². The Kier molecular flexibility index (Phi) is 5.19. The monoisotopic (exact) mass is 338 g/mol. The number of hydrogen-bond donors (Lipinski definition) is 1. The third-order valence-corrected chi connectivity index (χ3v) is 4.93. The van der Waals surface area contributed by atoms with Gasteiger partial charge in [0.25, 0.3) is 0 Å². The van der Waals surface area contributed by atoms with Crippen LogP contribution in [0.1, 0.15) is 17.5 Å². The van der Waals surface area contributed by atoms with E-state index in [0.29, 0.717) is 6.61 Å². The fourth-order valence-electron chi connectivity index (χ4n) is 3.65. The van der Waals surface area contributed by atoms with Gasteiger partial charge < -0.3 is 14.8 Å². The van der Waals surface area contributed by atoms with Gasteiger partial charge in [0.15, 0.2) is 0 Å². The zero-order valence-electron chi connectivity index (χ0n) is 14.6. The first-order valence-electron chi connectivity index (χ1n) is 9.25. The largest absolute Gasteiger partial charge is 0.489 e. The van der Waals surface area contributed by atoms with Crippen molar-refractivity contribution in [3.63, 3.8) is 0 Å². The minimum Gasteiger partial charge on any atom is -0.489 e. The highest BCUT2D eigenvalue weighted by Gasteiger charge is 2.22. The molecule has 0 amide bonds. The van der Waals surface area contributed by atoms with Crippen LogP contribution in [-0.4, -0.2) is 43.9 Å². The van der Waals surface area contributed by atoms with Crippen LogP contribution in [0.2, 0.25) is 0 Å². The maximum absolute atomic E-state index is 6.13. The highest BCUT2D eigenvalue weighted by Crippen LogP contribution is 2.32. The molecule has 0 saturated carbocycles. The number of hydrogen-bond acceptors (Lipinski definition) is 4. The first-order chi connectivity index (χ1) is 12.4. The number of nitrogens with one attached hydrogen (secondary N) is 1. The number of anilines is 1. The van der Waals surface area contributed by atoms with E-state index in [0.717, 1.165) is 45.0 Å². The Morgan fingerprint density at radius 1 is 1.12 bits per heavy atom. The van der Waals surface area contributed by atoms with Crippen LogP contribution in [-0.2, 0) is 17.7 Å². The van der Waals surface area contributed by atoms with E-state index >= 15 is 0 Å². The van der Waals surface area contributed by atoms with Gasteiger partial charge in [0.1, 0.15) is 18.5 Å². The smallest absolute Gasteiger partial charge is 0.142 e. The van der Waals surface area contributed by atoms with Gasteiger partial charge in [0.2, 0.25) is 0 Å². The SMILES string of the molecule is c1ccc(CN2CCO[C@H](COc3cccc4c3NCCC4)C2)cc1. The molecule has 132 valence electrons. The van der Waals surface area contributed by atoms with E-state index in [1.807, 2.05) is 0 Å². The number of fused-ring (bicyclic) bond motifs is 1.